The zero-order chi connectivity index (χ0) is 14.3. The number of nitrogen functional groups attached to an aromatic ring is 1. The minimum absolute atomic E-state index is 0.00608. The Hall–Kier alpha value is -1.92. The second-order valence-corrected chi connectivity index (χ2v) is 4.67. The van der Waals surface area contributed by atoms with E-state index in [9.17, 15) is 4.79 Å². The van der Waals surface area contributed by atoms with Crippen molar-refractivity contribution in [2.75, 3.05) is 5.73 Å². The molecule has 0 atom stereocenters. The normalized spacial score (nSPS) is 12.5. The van der Waals surface area contributed by atoms with Gasteiger partial charge >= 0.3 is 0 Å². The van der Waals surface area contributed by atoms with Crippen molar-refractivity contribution < 1.29 is 4.79 Å². The Balaban J connectivity index is 2.97. The highest BCUT2D eigenvalue weighted by Crippen LogP contribution is 2.45. The first-order valence-corrected chi connectivity index (χ1v) is 5.89. The average Bonchev–Trinajstić information content (AvgIpc) is 2.73. The Labute approximate surface area is 122 Å². The van der Waals surface area contributed by atoms with Crippen LogP contribution in [-0.2, 0) is 0 Å². The zero-order valence-corrected chi connectivity index (χ0v) is 11.3. The van der Waals surface area contributed by atoms with E-state index in [1.165, 1.54) is 0 Å². The third kappa shape index (κ3) is 1.80. The van der Waals surface area contributed by atoms with Gasteiger partial charge in [0, 0.05) is 5.56 Å². The maximum absolute atomic E-state index is 11.8. The summed E-state index contributed by atoms with van der Waals surface area (Å²) in [6, 6.07) is 3.33. The van der Waals surface area contributed by atoms with Gasteiger partial charge in [-0.05, 0) is 0 Å². The number of allylic oxidation sites excluding steroid dienone is 1. The Kier molecular flexibility index (Phi) is 3.30. The molecule has 0 aliphatic carbocycles. The van der Waals surface area contributed by atoms with Crippen molar-refractivity contribution >= 4 is 52.1 Å². The molecular weight excluding hydrogens is 311 g/mol. The number of nitrogens with one attached hydrogen (secondary N) is 1. The minimum atomic E-state index is -0.594. The minimum Gasteiger partial charge on any atom is -0.396 e. The molecule has 1 heterocycles. The second kappa shape index (κ2) is 4.64. The number of carbonyl (C=O) groups excluding carboxylic acids is 1. The molecule has 3 N–H and O–H groups in total. The monoisotopic (exact) mass is 312 g/mol. The number of anilines is 1. The van der Waals surface area contributed by atoms with Crippen molar-refractivity contribution in [2.45, 2.75) is 0 Å². The van der Waals surface area contributed by atoms with E-state index in [2.05, 4.69) is 5.32 Å². The molecule has 94 valence electrons. The molecule has 0 spiro atoms. The first kappa shape index (κ1) is 13.5. The fourth-order valence-electron chi connectivity index (χ4n) is 1.69. The summed E-state index contributed by atoms with van der Waals surface area (Å²) in [5.74, 6) is -0.594. The molecule has 0 radical (unpaired) electrons. The van der Waals surface area contributed by atoms with Gasteiger partial charge in [-0.1, -0.05) is 34.8 Å². The Morgan fingerprint density at radius 2 is 1.63 bits per heavy atom. The van der Waals surface area contributed by atoms with Gasteiger partial charge in [0.1, 0.15) is 12.1 Å². The smallest absolute Gasteiger partial charge is 0.258 e. The van der Waals surface area contributed by atoms with Crippen LogP contribution >= 0.6 is 34.8 Å². The van der Waals surface area contributed by atoms with E-state index in [4.69, 9.17) is 51.1 Å². The lowest BCUT2D eigenvalue weighted by molar-refractivity contribution is 0.0981. The Morgan fingerprint density at radius 1 is 1.05 bits per heavy atom. The number of nitrogens with two attached hydrogens (primary N) is 1. The van der Waals surface area contributed by atoms with Crippen molar-refractivity contribution in [1.29, 1.82) is 10.5 Å². The molecule has 8 heteroatoms. The van der Waals surface area contributed by atoms with Crippen LogP contribution in [0.4, 0.5) is 5.69 Å². The molecule has 0 bridgehead atoms. The molecule has 19 heavy (non-hydrogen) atoms. The number of benzene rings is 1. The van der Waals surface area contributed by atoms with Crippen LogP contribution in [-0.4, -0.2) is 5.91 Å². The van der Waals surface area contributed by atoms with Crippen LogP contribution in [0.15, 0.2) is 5.57 Å². The van der Waals surface area contributed by atoms with E-state index in [1.54, 1.807) is 12.1 Å². The maximum Gasteiger partial charge on any atom is 0.258 e. The predicted molar refractivity (Wildman–Crippen MR) is 71.5 cm³/mol. The van der Waals surface area contributed by atoms with Gasteiger partial charge in [0.2, 0.25) is 0 Å². The molecule has 0 saturated carbocycles. The highest BCUT2D eigenvalue weighted by molar-refractivity contribution is 6.49. The first-order chi connectivity index (χ1) is 8.93. The fourth-order valence-corrected chi connectivity index (χ4v) is 2.49. The zero-order valence-electron chi connectivity index (χ0n) is 9.01. The molecule has 1 aromatic carbocycles. The summed E-state index contributed by atoms with van der Waals surface area (Å²) >= 11 is 17.9. The number of hydrogen-bond donors (Lipinski definition) is 2. The second-order valence-electron chi connectivity index (χ2n) is 3.53. The van der Waals surface area contributed by atoms with Crippen molar-refractivity contribution in [3.63, 3.8) is 0 Å². The van der Waals surface area contributed by atoms with Crippen LogP contribution in [0.3, 0.4) is 0 Å². The number of nitrogens with zero attached hydrogens (tertiary/aromatic N) is 2. The van der Waals surface area contributed by atoms with Crippen molar-refractivity contribution in [2.24, 2.45) is 0 Å². The van der Waals surface area contributed by atoms with Gasteiger partial charge in [0.05, 0.1) is 32.0 Å². The molecule has 1 amide bonds. The van der Waals surface area contributed by atoms with Crippen LogP contribution in [0.2, 0.25) is 15.1 Å². The molecular formula is C11H3Cl3N4O. The highest BCUT2D eigenvalue weighted by Gasteiger charge is 2.34. The highest BCUT2D eigenvalue weighted by atomic mass is 35.5. The number of carbonyl (C=O) groups is 1. The molecule has 0 saturated heterocycles. The number of hydrogen-bond acceptors (Lipinski definition) is 4. The lowest BCUT2D eigenvalue weighted by atomic mass is 10.0. The summed E-state index contributed by atoms with van der Waals surface area (Å²) in [4.78, 5) is 11.8. The standard InChI is InChI=1S/C11H3Cl3N4O/c12-6-4-5(7(13)9(17)8(6)14)11(19)18-10(4)3(1-15)2-16/h17H2,(H,18,19). The van der Waals surface area contributed by atoms with Crippen molar-refractivity contribution in [3.8, 4) is 12.1 Å². The first-order valence-electron chi connectivity index (χ1n) is 4.76. The lowest BCUT2D eigenvalue weighted by Crippen LogP contribution is -2.13. The summed E-state index contributed by atoms with van der Waals surface area (Å²) in [6.45, 7) is 0. The summed E-state index contributed by atoms with van der Waals surface area (Å²) in [5.41, 5.74) is 5.41. The van der Waals surface area contributed by atoms with E-state index in [0.717, 1.165) is 0 Å². The summed E-state index contributed by atoms with van der Waals surface area (Å²) in [5, 5.41) is 20.0. The van der Waals surface area contributed by atoms with E-state index >= 15 is 0 Å². The summed E-state index contributed by atoms with van der Waals surface area (Å²) < 4.78 is 0. The van der Waals surface area contributed by atoms with Crippen LogP contribution < -0.4 is 11.1 Å². The van der Waals surface area contributed by atoms with E-state index in [1.807, 2.05) is 0 Å². The van der Waals surface area contributed by atoms with Crippen LogP contribution in [0.1, 0.15) is 15.9 Å². The quantitative estimate of drug-likeness (QED) is 0.436. The molecule has 2 rings (SSSR count). The molecule has 0 aromatic heterocycles. The number of fused-ring (bicyclic) bond motifs is 1. The molecule has 0 unspecified atom stereocenters. The van der Waals surface area contributed by atoms with E-state index in [-0.39, 0.29) is 43.2 Å². The van der Waals surface area contributed by atoms with E-state index < -0.39 is 5.91 Å². The Morgan fingerprint density at radius 3 is 2.16 bits per heavy atom. The van der Waals surface area contributed by atoms with Crippen LogP contribution in [0.25, 0.3) is 5.70 Å². The van der Waals surface area contributed by atoms with Gasteiger partial charge in [0.25, 0.3) is 5.91 Å². The van der Waals surface area contributed by atoms with Gasteiger partial charge in [-0.25, -0.2) is 0 Å². The van der Waals surface area contributed by atoms with Crippen molar-refractivity contribution in [3.05, 3.63) is 31.8 Å². The average molecular weight is 314 g/mol. The molecule has 0 fully saturated rings. The number of amides is 1. The maximum atomic E-state index is 11.8. The predicted octanol–water partition coefficient (Wildman–Crippen LogP) is 2.73. The number of halogens is 3. The lowest BCUT2D eigenvalue weighted by Gasteiger charge is -2.09. The number of nitriles is 2. The Bertz CT molecular complexity index is 724. The van der Waals surface area contributed by atoms with Gasteiger partial charge < -0.3 is 11.1 Å². The van der Waals surface area contributed by atoms with Gasteiger partial charge in [0.15, 0.2) is 5.57 Å². The third-order valence-corrected chi connectivity index (χ3v) is 3.80. The molecule has 5 nitrogen and oxygen atoms in total. The molecule has 1 aliphatic rings. The van der Waals surface area contributed by atoms with Crippen LogP contribution in [0.5, 0.6) is 0 Å². The summed E-state index contributed by atoms with van der Waals surface area (Å²) in [6.07, 6.45) is 0. The summed E-state index contributed by atoms with van der Waals surface area (Å²) in [7, 11) is 0. The SMILES string of the molecule is N#CC(C#N)=C1NC(=O)c2c(Cl)c(N)c(Cl)c(Cl)c21. The van der Waals surface area contributed by atoms with Crippen LogP contribution in [0, 0.1) is 22.7 Å². The molecule has 1 aliphatic heterocycles. The topological polar surface area (TPSA) is 103 Å². The van der Waals surface area contributed by atoms with Gasteiger partial charge in [-0.2, -0.15) is 10.5 Å². The van der Waals surface area contributed by atoms with Gasteiger partial charge in [-0.3, -0.25) is 4.79 Å². The van der Waals surface area contributed by atoms with Crippen molar-refractivity contribution in [1.82, 2.24) is 5.32 Å². The van der Waals surface area contributed by atoms with Gasteiger partial charge in [-0.15, -0.1) is 0 Å². The molecule has 1 aromatic rings. The third-order valence-electron chi connectivity index (χ3n) is 2.54. The number of rotatable bonds is 0. The largest absolute Gasteiger partial charge is 0.396 e. The van der Waals surface area contributed by atoms with E-state index in [0.29, 0.717) is 0 Å². The fraction of sp³-hybridized carbons (Fsp3) is 0.